The average Bonchev–Trinajstić information content (AvgIpc) is 2.89. The first-order valence-electron chi connectivity index (χ1n) is 13.1. The minimum absolute atomic E-state index is 0.0920. The second kappa shape index (κ2) is 14.1. The molecule has 0 saturated carbocycles. The molecule has 0 unspecified atom stereocenters. The molecule has 0 amide bonds. The van der Waals surface area contributed by atoms with Gasteiger partial charge in [-0.25, -0.2) is 8.78 Å². The fourth-order valence-corrected chi connectivity index (χ4v) is 4.28. The fourth-order valence-electron chi connectivity index (χ4n) is 4.28. The molecule has 0 fully saturated rings. The zero-order valence-electron chi connectivity index (χ0n) is 21.3. The van der Waals surface area contributed by atoms with Crippen LogP contribution < -0.4 is 9.47 Å². The van der Waals surface area contributed by atoms with Crippen molar-refractivity contribution in [1.29, 1.82) is 0 Å². The van der Waals surface area contributed by atoms with Crippen LogP contribution in [-0.2, 0) is 0 Å². The Balaban J connectivity index is 1.63. The number of benzene rings is 2. The molecule has 3 rings (SSSR count). The van der Waals surface area contributed by atoms with Gasteiger partial charge >= 0.3 is 0 Å². The van der Waals surface area contributed by atoms with Crippen LogP contribution in [0.25, 0.3) is 11.1 Å². The Morgan fingerprint density at radius 2 is 0.972 bits per heavy atom. The third-order valence-electron chi connectivity index (χ3n) is 6.43. The van der Waals surface area contributed by atoms with E-state index in [-0.39, 0.29) is 35.5 Å². The predicted octanol–water partition coefficient (Wildman–Crippen LogP) is 9.42. The van der Waals surface area contributed by atoms with Crippen molar-refractivity contribution in [1.82, 2.24) is 0 Å². The minimum Gasteiger partial charge on any atom is -0.490 e. The number of unbranched alkanes of at least 4 members (excludes halogenated alkanes) is 6. The van der Waals surface area contributed by atoms with E-state index in [0.29, 0.717) is 24.4 Å². The fraction of sp³-hybridized carbons (Fsp3) is 0.467. The van der Waals surface area contributed by atoms with Crippen molar-refractivity contribution >= 4 is 11.1 Å². The van der Waals surface area contributed by atoms with E-state index in [0.717, 1.165) is 51.4 Å². The molecule has 6 heteroatoms. The highest BCUT2D eigenvalue weighted by Gasteiger charge is 2.21. The largest absolute Gasteiger partial charge is 0.490 e. The number of allylic oxidation sites excluding steroid dienone is 4. The monoisotopic (exact) mass is 504 g/mol. The third-order valence-corrected chi connectivity index (χ3v) is 6.43. The van der Waals surface area contributed by atoms with Crippen molar-refractivity contribution in [3.63, 3.8) is 0 Å². The first-order chi connectivity index (χ1) is 17.5. The van der Waals surface area contributed by atoms with Crippen LogP contribution in [0.4, 0.5) is 17.6 Å². The van der Waals surface area contributed by atoms with Gasteiger partial charge in [-0.05, 0) is 61.1 Å². The number of hydrogen-bond donors (Lipinski definition) is 0. The lowest BCUT2D eigenvalue weighted by molar-refractivity contribution is 0.285. The topological polar surface area (TPSA) is 18.5 Å². The van der Waals surface area contributed by atoms with Gasteiger partial charge in [0.05, 0.1) is 13.2 Å². The molecule has 0 aromatic heterocycles. The van der Waals surface area contributed by atoms with Gasteiger partial charge in [-0.1, -0.05) is 64.5 Å². The summed E-state index contributed by atoms with van der Waals surface area (Å²) in [4.78, 5) is 0. The molecule has 1 aliphatic rings. The van der Waals surface area contributed by atoms with Gasteiger partial charge in [-0.3, -0.25) is 0 Å². The molecule has 0 atom stereocenters. The van der Waals surface area contributed by atoms with E-state index >= 15 is 0 Å². The molecule has 0 bridgehead atoms. The zero-order chi connectivity index (χ0) is 25.9. The number of ether oxygens (including phenoxy) is 2. The summed E-state index contributed by atoms with van der Waals surface area (Å²) in [6.07, 6.45) is 11.9. The summed E-state index contributed by atoms with van der Waals surface area (Å²) < 4.78 is 69.6. The van der Waals surface area contributed by atoms with E-state index in [9.17, 15) is 17.6 Å². The van der Waals surface area contributed by atoms with Gasteiger partial charge in [0.2, 0.25) is 11.6 Å². The van der Waals surface area contributed by atoms with Crippen LogP contribution in [-0.4, -0.2) is 13.2 Å². The van der Waals surface area contributed by atoms with Gasteiger partial charge < -0.3 is 9.47 Å². The molecular weight excluding hydrogens is 468 g/mol. The summed E-state index contributed by atoms with van der Waals surface area (Å²) in [6, 6.07) is 5.92. The van der Waals surface area contributed by atoms with Gasteiger partial charge in [0, 0.05) is 11.1 Å². The van der Waals surface area contributed by atoms with Crippen LogP contribution in [0, 0.1) is 23.3 Å². The molecule has 0 heterocycles. The SMILES string of the molecule is CCCCCCOc1ccc(C2=CCC(c3ccc(OCCCCCC)c(F)c3F)=CC2)c(F)c1F. The highest BCUT2D eigenvalue weighted by atomic mass is 19.2. The Hall–Kier alpha value is -2.76. The van der Waals surface area contributed by atoms with E-state index < -0.39 is 23.3 Å². The second-order valence-electron chi connectivity index (χ2n) is 9.16. The van der Waals surface area contributed by atoms with E-state index in [2.05, 4.69) is 13.8 Å². The van der Waals surface area contributed by atoms with E-state index in [1.54, 1.807) is 12.2 Å². The van der Waals surface area contributed by atoms with Crippen molar-refractivity contribution < 1.29 is 27.0 Å². The standard InChI is InChI=1S/C30H36F4O2/c1-3-5-7-9-19-35-25-17-15-23(27(31)29(25)33)21-11-13-22(14-12-21)24-16-18-26(30(34)28(24)32)36-20-10-8-6-4-2/h11,14-18H,3-10,12-13,19-20H2,1-2H3. The van der Waals surface area contributed by atoms with Crippen molar-refractivity contribution in [2.75, 3.05) is 13.2 Å². The van der Waals surface area contributed by atoms with Crippen molar-refractivity contribution in [2.45, 2.75) is 78.1 Å². The summed E-state index contributed by atoms with van der Waals surface area (Å²) in [5, 5.41) is 0. The Labute approximate surface area is 212 Å². The van der Waals surface area contributed by atoms with Crippen LogP contribution in [0.2, 0.25) is 0 Å². The summed E-state index contributed by atoms with van der Waals surface area (Å²) >= 11 is 0. The van der Waals surface area contributed by atoms with Gasteiger partial charge in [0.25, 0.3) is 0 Å². The van der Waals surface area contributed by atoms with Gasteiger partial charge in [0.15, 0.2) is 23.1 Å². The molecule has 2 aromatic carbocycles. The first-order valence-corrected chi connectivity index (χ1v) is 13.1. The lowest BCUT2D eigenvalue weighted by Gasteiger charge is -2.17. The summed E-state index contributed by atoms with van der Waals surface area (Å²) in [6.45, 7) is 4.89. The molecule has 0 aliphatic heterocycles. The van der Waals surface area contributed by atoms with Gasteiger partial charge in [0.1, 0.15) is 0 Å². The normalized spacial score (nSPS) is 13.4. The van der Waals surface area contributed by atoms with Crippen LogP contribution in [0.15, 0.2) is 36.4 Å². The van der Waals surface area contributed by atoms with Crippen molar-refractivity contribution in [3.05, 3.63) is 70.8 Å². The molecule has 2 nitrogen and oxygen atoms in total. The Morgan fingerprint density at radius 3 is 1.33 bits per heavy atom. The van der Waals surface area contributed by atoms with Crippen molar-refractivity contribution in [3.8, 4) is 11.5 Å². The maximum Gasteiger partial charge on any atom is 0.201 e. The van der Waals surface area contributed by atoms with Crippen molar-refractivity contribution in [2.24, 2.45) is 0 Å². The number of hydrogen-bond acceptors (Lipinski definition) is 2. The maximum absolute atomic E-state index is 14.8. The Bertz CT molecular complexity index is 990. The minimum atomic E-state index is -1.00. The second-order valence-corrected chi connectivity index (χ2v) is 9.16. The molecule has 0 radical (unpaired) electrons. The van der Waals surface area contributed by atoms with E-state index in [4.69, 9.17) is 9.47 Å². The van der Waals surface area contributed by atoms with E-state index in [1.165, 1.54) is 24.3 Å². The zero-order valence-corrected chi connectivity index (χ0v) is 21.3. The molecule has 196 valence electrons. The number of rotatable bonds is 14. The summed E-state index contributed by atoms with van der Waals surface area (Å²) in [5.74, 6) is -4.10. The van der Waals surface area contributed by atoms with Crippen LogP contribution in [0.1, 0.15) is 89.2 Å². The molecule has 0 N–H and O–H groups in total. The predicted molar refractivity (Wildman–Crippen MR) is 137 cm³/mol. The van der Waals surface area contributed by atoms with Crippen LogP contribution >= 0.6 is 0 Å². The molecule has 1 aliphatic carbocycles. The average molecular weight is 505 g/mol. The van der Waals surface area contributed by atoms with Gasteiger partial charge in [-0.15, -0.1) is 0 Å². The first kappa shape index (κ1) is 27.8. The quantitative estimate of drug-likeness (QED) is 0.188. The Morgan fingerprint density at radius 1 is 0.556 bits per heavy atom. The third kappa shape index (κ3) is 7.14. The molecule has 36 heavy (non-hydrogen) atoms. The molecule has 0 spiro atoms. The van der Waals surface area contributed by atoms with Crippen LogP contribution in [0.3, 0.4) is 0 Å². The van der Waals surface area contributed by atoms with Crippen LogP contribution in [0.5, 0.6) is 11.5 Å². The lowest BCUT2D eigenvalue weighted by atomic mass is 9.90. The smallest absolute Gasteiger partial charge is 0.201 e. The summed E-state index contributed by atoms with van der Waals surface area (Å²) in [7, 11) is 0. The lowest BCUT2D eigenvalue weighted by Crippen LogP contribution is -2.04. The molecule has 0 saturated heterocycles. The molecule has 2 aromatic rings. The van der Waals surface area contributed by atoms with E-state index in [1.807, 2.05) is 0 Å². The Kier molecular flexibility index (Phi) is 10.9. The highest BCUT2D eigenvalue weighted by molar-refractivity contribution is 5.78. The maximum atomic E-state index is 14.8. The van der Waals surface area contributed by atoms with Gasteiger partial charge in [-0.2, -0.15) is 8.78 Å². The number of halogens is 4. The summed E-state index contributed by atoms with van der Waals surface area (Å²) in [5.41, 5.74) is 1.49. The highest BCUT2D eigenvalue weighted by Crippen LogP contribution is 2.36. The molecular formula is C30H36F4O2.